The molecule has 1 aromatic heterocycles. The minimum atomic E-state index is -1.16. The summed E-state index contributed by atoms with van der Waals surface area (Å²) in [6, 6.07) is 15.3. The maximum Gasteiger partial charge on any atom is 0.326 e. The maximum absolute atomic E-state index is 12.7. The van der Waals surface area contributed by atoms with E-state index >= 15 is 0 Å². The Bertz CT molecular complexity index is 1070. The van der Waals surface area contributed by atoms with E-state index in [0.29, 0.717) is 5.56 Å². The van der Waals surface area contributed by atoms with E-state index in [1.54, 1.807) is 30.5 Å². The number of hydrogen-bond donors (Lipinski definition) is 4. The molecule has 1 unspecified atom stereocenters. The van der Waals surface area contributed by atoms with Gasteiger partial charge >= 0.3 is 5.97 Å². The van der Waals surface area contributed by atoms with Gasteiger partial charge in [0.05, 0.1) is 0 Å². The van der Waals surface area contributed by atoms with Crippen LogP contribution in [0.2, 0.25) is 0 Å². The molecule has 0 radical (unpaired) electrons. The number of rotatable bonds is 7. The number of hydrogen-bond acceptors (Lipinski definition) is 3. The van der Waals surface area contributed by atoms with Gasteiger partial charge in [-0.25, -0.2) is 4.79 Å². The quantitative estimate of drug-likeness (QED) is 0.464. The van der Waals surface area contributed by atoms with Crippen LogP contribution in [-0.4, -0.2) is 33.9 Å². The molecule has 0 saturated carbocycles. The van der Waals surface area contributed by atoms with Crippen LogP contribution in [0.15, 0.2) is 66.5 Å². The van der Waals surface area contributed by atoms with Crippen molar-refractivity contribution in [3.05, 3.63) is 77.6 Å². The number of benzene rings is 2. The summed E-state index contributed by atoms with van der Waals surface area (Å²) in [4.78, 5) is 39.1. The van der Waals surface area contributed by atoms with Crippen LogP contribution in [0.5, 0.6) is 0 Å². The summed E-state index contributed by atoms with van der Waals surface area (Å²) in [6.45, 7) is 1.28. The number of nitrogens with one attached hydrogen (secondary N) is 3. The van der Waals surface area contributed by atoms with Gasteiger partial charge in [-0.05, 0) is 23.3 Å². The van der Waals surface area contributed by atoms with Crippen LogP contribution in [0.1, 0.15) is 18.1 Å². The average Bonchev–Trinajstić information content (AvgIpc) is 3.10. The van der Waals surface area contributed by atoms with Gasteiger partial charge < -0.3 is 20.7 Å². The maximum atomic E-state index is 12.7. The highest BCUT2D eigenvalue weighted by Gasteiger charge is 2.24. The van der Waals surface area contributed by atoms with Gasteiger partial charge in [0.1, 0.15) is 11.7 Å². The van der Waals surface area contributed by atoms with E-state index in [-0.39, 0.29) is 12.1 Å². The van der Waals surface area contributed by atoms with E-state index < -0.39 is 23.8 Å². The molecule has 0 aliphatic heterocycles. The molecule has 0 aliphatic carbocycles. The Labute approximate surface area is 167 Å². The number of carboxylic acids is 1. The minimum Gasteiger partial charge on any atom is -0.480 e. The molecule has 148 valence electrons. The summed E-state index contributed by atoms with van der Waals surface area (Å²) in [5, 5.41) is 15.5. The lowest BCUT2D eigenvalue weighted by Gasteiger charge is -2.16. The molecule has 0 aliphatic rings. The number of H-pyrrole nitrogens is 1. The molecule has 7 heteroatoms. The topological polar surface area (TPSA) is 111 Å². The predicted octanol–water partition coefficient (Wildman–Crippen LogP) is 2.46. The number of fused-ring (bicyclic) bond motifs is 1. The standard InChI is InChI=1S/C22H21N3O4/c1-14(26)24-19(11-15-7-3-2-4-8-15)21(27)25-20(22(28)29)12-16-13-23-18-10-6-5-9-17(16)18/h2-11,13,20,23H,12H2,1H3,(H,24,26)(H,25,27)(H,28,29)/b19-11-. The highest BCUT2D eigenvalue weighted by atomic mass is 16.4. The highest BCUT2D eigenvalue weighted by molar-refractivity contribution is 6.02. The number of aliphatic carboxylic acids is 1. The fourth-order valence-corrected chi connectivity index (χ4v) is 3.02. The number of carbonyl (C=O) groups is 3. The van der Waals surface area contributed by atoms with Crippen molar-refractivity contribution in [2.75, 3.05) is 0 Å². The zero-order chi connectivity index (χ0) is 20.8. The summed E-state index contributed by atoms with van der Waals surface area (Å²) in [7, 11) is 0. The van der Waals surface area contributed by atoms with Crippen LogP contribution in [0.3, 0.4) is 0 Å². The molecule has 3 aromatic rings. The molecule has 7 nitrogen and oxygen atoms in total. The van der Waals surface area contributed by atoms with Crippen molar-refractivity contribution in [3.63, 3.8) is 0 Å². The number of carbonyl (C=O) groups excluding carboxylic acids is 2. The number of para-hydroxylation sites is 1. The lowest BCUT2D eigenvalue weighted by molar-refractivity contribution is -0.141. The first-order valence-corrected chi connectivity index (χ1v) is 9.07. The molecule has 2 aromatic carbocycles. The van der Waals surface area contributed by atoms with Gasteiger partial charge in [0, 0.05) is 30.4 Å². The van der Waals surface area contributed by atoms with Crippen molar-refractivity contribution in [1.82, 2.24) is 15.6 Å². The molecule has 0 saturated heterocycles. The van der Waals surface area contributed by atoms with Gasteiger partial charge in [-0.2, -0.15) is 0 Å². The van der Waals surface area contributed by atoms with E-state index in [1.807, 2.05) is 30.3 Å². The monoisotopic (exact) mass is 391 g/mol. The average molecular weight is 391 g/mol. The molecular formula is C22H21N3O4. The van der Waals surface area contributed by atoms with Crippen LogP contribution < -0.4 is 10.6 Å². The van der Waals surface area contributed by atoms with Crippen molar-refractivity contribution >= 4 is 34.8 Å². The Morgan fingerprint density at radius 3 is 2.45 bits per heavy atom. The molecule has 0 bridgehead atoms. The highest BCUT2D eigenvalue weighted by Crippen LogP contribution is 2.19. The van der Waals surface area contributed by atoms with Gasteiger partial charge in [-0.15, -0.1) is 0 Å². The molecule has 0 fully saturated rings. The van der Waals surface area contributed by atoms with Crippen molar-refractivity contribution in [3.8, 4) is 0 Å². The third kappa shape index (κ3) is 5.10. The van der Waals surface area contributed by atoms with E-state index in [2.05, 4.69) is 15.6 Å². The molecule has 4 N–H and O–H groups in total. The van der Waals surface area contributed by atoms with Gasteiger partial charge in [0.2, 0.25) is 5.91 Å². The molecule has 1 heterocycles. The second kappa shape index (κ2) is 8.88. The second-order valence-electron chi connectivity index (χ2n) is 6.58. The summed E-state index contributed by atoms with van der Waals surface area (Å²) < 4.78 is 0. The van der Waals surface area contributed by atoms with Crippen LogP contribution in [0.25, 0.3) is 17.0 Å². The third-order valence-electron chi connectivity index (χ3n) is 4.37. The Balaban J connectivity index is 1.82. The normalized spacial score (nSPS) is 12.4. The Hall–Kier alpha value is -3.87. The van der Waals surface area contributed by atoms with Gasteiger partial charge in [0.25, 0.3) is 5.91 Å². The molecule has 29 heavy (non-hydrogen) atoms. The molecule has 3 rings (SSSR count). The summed E-state index contributed by atoms with van der Waals surface area (Å²) >= 11 is 0. The fraction of sp³-hybridized carbons (Fsp3) is 0.136. The largest absolute Gasteiger partial charge is 0.480 e. The number of aromatic nitrogens is 1. The third-order valence-corrected chi connectivity index (χ3v) is 4.37. The van der Waals surface area contributed by atoms with Crippen LogP contribution in [0.4, 0.5) is 0 Å². The van der Waals surface area contributed by atoms with Crippen molar-refractivity contribution < 1.29 is 19.5 Å². The predicted molar refractivity (Wildman–Crippen MR) is 110 cm³/mol. The van der Waals surface area contributed by atoms with Crippen molar-refractivity contribution in [2.45, 2.75) is 19.4 Å². The summed E-state index contributed by atoms with van der Waals surface area (Å²) in [5.41, 5.74) is 2.35. The zero-order valence-corrected chi connectivity index (χ0v) is 15.8. The fourth-order valence-electron chi connectivity index (χ4n) is 3.02. The van der Waals surface area contributed by atoms with Gasteiger partial charge in [-0.1, -0.05) is 48.5 Å². The first-order chi connectivity index (χ1) is 13.9. The van der Waals surface area contributed by atoms with E-state index in [9.17, 15) is 19.5 Å². The zero-order valence-electron chi connectivity index (χ0n) is 15.8. The van der Waals surface area contributed by atoms with Gasteiger partial charge in [0.15, 0.2) is 0 Å². The lowest BCUT2D eigenvalue weighted by Crippen LogP contribution is -2.45. The van der Waals surface area contributed by atoms with Crippen molar-refractivity contribution in [2.24, 2.45) is 0 Å². The molecular weight excluding hydrogens is 370 g/mol. The molecule has 1 atom stereocenters. The van der Waals surface area contributed by atoms with Crippen LogP contribution >= 0.6 is 0 Å². The molecule has 2 amide bonds. The summed E-state index contributed by atoms with van der Waals surface area (Å²) in [5.74, 6) is -2.26. The van der Waals surface area contributed by atoms with E-state index in [0.717, 1.165) is 16.5 Å². The second-order valence-corrected chi connectivity index (χ2v) is 6.58. The smallest absolute Gasteiger partial charge is 0.326 e. The van der Waals surface area contributed by atoms with E-state index in [1.165, 1.54) is 13.0 Å². The van der Waals surface area contributed by atoms with Crippen molar-refractivity contribution in [1.29, 1.82) is 0 Å². The number of amides is 2. The van der Waals surface area contributed by atoms with Crippen LogP contribution in [0, 0.1) is 0 Å². The number of aromatic amines is 1. The SMILES string of the molecule is CC(=O)N/C(=C\c1ccccc1)C(=O)NC(Cc1c[nH]c2ccccc12)C(=O)O. The Kier molecular flexibility index (Phi) is 6.09. The summed E-state index contributed by atoms with van der Waals surface area (Å²) in [6.07, 6.45) is 3.34. The first-order valence-electron chi connectivity index (χ1n) is 9.07. The number of carboxylic acid groups (broad SMARTS) is 1. The molecule has 0 spiro atoms. The Morgan fingerprint density at radius 2 is 1.76 bits per heavy atom. The Morgan fingerprint density at radius 1 is 1.07 bits per heavy atom. The van der Waals surface area contributed by atoms with Crippen LogP contribution in [-0.2, 0) is 20.8 Å². The first kappa shape index (κ1) is 19.9. The lowest BCUT2D eigenvalue weighted by atomic mass is 10.0. The van der Waals surface area contributed by atoms with E-state index in [4.69, 9.17) is 0 Å². The van der Waals surface area contributed by atoms with Gasteiger partial charge in [-0.3, -0.25) is 9.59 Å². The minimum absolute atomic E-state index is 0.0196.